The Hall–Kier alpha value is -5.60. The first-order valence-corrected chi connectivity index (χ1v) is 18.8. The average molecular weight is 749 g/mol. The van der Waals surface area contributed by atoms with Crippen LogP contribution in [0.1, 0.15) is 103 Å². The molecule has 2 aliphatic heterocycles. The summed E-state index contributed by atoms with van der Waals surface area (Å²) in [4.78, 5) is 31.9. The zero-order valence-electron chi connectivity index (χ0n) is 31.3. The molecule has 2 aromatic carbocycles. The van der Waals surface area contributed by atoms with Gasteiger partial charge in [-0.15, -0.1) is 0 Å². The van der Waals surface area contributed by atoms with Crippen LogP contribution in [0.4, 0.5) is 0 Å². The third-order valence-electron chi connectivity index (χ3n) is 10.1. The molecule has 2 aliphatic carbocycles. The summed E-state index contributed by atoms with van der Waals surface area (Å²) in [7, 11) is 1.00. The van der Waals surface area contributed by atoms with Crippen LogP contribution >= 0.6 is 0 Å². The minimum Gasteiger partial charge on any atom is -0.491 e. The van der Waals surface area contributed by atoms with Gasteiger partial charge in [-0.25, -0.2) is 9.97 Å². The number of fused-ring (bicyclic) bond motifs is 6. The molecule has 2 fully saturated rings. The Kier molecular flexibility index (Phi) is 12.0. The Bertz CT molecular complexity index is 2170. The predicted molar refractivity (Wildman–Crippen MR) is 206 cm³/mol. The van der Waals surface area contributed by atoms with E-state index >= 15 is 0 Å². The van der Waals surface area contributed by atoms with Crippen LogP contribution in [0.2, 0.25) is 0 Å². The van der Waals surface area contributed by atoms with Gasteiger partial charge in [0.1, 0.15) is 58.4 Å². The third kappa shape index (κ3) is 9.03. The molecular formula is C42H48N6O7. The summed E-state index contributed by atoms with van der Waals surface area (Å²) >= 11 is 0. The van der Waals surface area contributed by atoms with Gasteiger partial charge in [-0.1, -0.05) is 37.0 Å². The highest BCUT2D eigenvalue weighted by atomic mass is 16.5. The SMILES string of the molecule is CCCC1Cn2cc(C(N)=O)nc2-c2cc(C#CC3(O)CCCC3)ccc2O1.CO.NC(=O)c1cn2c(n1)-c1cc(C#CC3(O)CCCC3)ccc1OCC2. The van der Waals surface area contributed by atoms with Crippen LogP contribution in [-0.2, 0) is 13.1 Å². The van der Waals surface area contributed by atoms with Gasteiger partial charge < -0.3 is 45.4 Å². The Morgan fingerprint density at radius 3 is 1.82 bits per heavy atom. The van der Waals surface area contributed by atoms with E-state index in [1.54, 1.807) is 12.4 Å². The molecule has 0 bridgehead atoms. The molecule has 288 valence electrons. The lowest BCUT2D eigenvalue weighted by Crippen LogP contribution is -2.21. The van der Waals surface area contributed by atoms with E-state index in [4.69, 9.17) is 26.0 Å². The summed E-state index contributed by atoms with van der Waals surface area (Å²) in [6, 6.07) is 11.3. The van der Waals surface area contributed by atoms with Crippen molar-refractivity contribution in [3.8, 4) is 58.0 Å². The van der Waals surface area contributed by atoms with Gasteiger partial charge in [0.2, 0.25) is 0 Å². The van der Waals surface area contributed by atoms with Crippen LogP contribution < -0.4 is 20.9 Å². The number of hydrogen-bond acceptors (Lipinski definition) is 9. The van der Waals surface area contributed by atoms with E-state index in [2.05, 4.69) is 40.6 Å². The molecule has 4 aromatic rings. The first-order chi connectivity index (χ1) is 26.5. The van der Waals surface area contributed by atoms with Crippen LogP contribution in [0.3, 0.4) is 0 Å². The van der Waals surface area contributed by atoms with Crippen molar-refractivity contribution in [1.82, 2.24) is 19.1 Å². The van der Waals surface area contributed by atoms with Gasteiger partial charge >= 0.3 is 0 Å². The van der Waals surface area contributed by atoms with E-state index in [1.165, 1.54) is 0 Å². The number of ether oxygens (including phenoxy) is 2. The number of aliphatic hydroxyl groups is 3. The second kappa shape index (κ2) is 16.8. The van der Waals surface area contributed by atoms with Crippen molar-refractivity contribution in [2.45, 2.75) is 102 Å². The monoisotopic (exact) mass is 748 g/mol. The zero-order chi connectivity index (χ0) is 39.2. The maximum Gasteiger partial charge on any atom is 0.268 e. The lowest BCUT2D eigenvalue weighted by molar-refractivity contribution is 0.0987. The van der Waals surface area contributed by atoms with Gasteiger partial charge in [0.25, 0.3) is 11.8 Å². The molecule has 0 radical (unpaired) electrons. The van der Waals surface area contributed by atoms with Crippen LogP contribution in [0.5, 0.6) is 11.5 Å². The van der Waals surface area contributed by atoms with Crippen LogP contribution in [0, 0.1) is 23.7 Å². The third-order valence-corrected chi connectivity index (χ3v) is 10.1. The summed E-state index contributed by atoms with van der Waals surface area (Å²) in [5.41, 5.74) is 12.6. The van der Waals surface area contributed by atoms with Crippen LogP contribution in [-0.4, -0.2) is 77.3 Å². The van der Waals surface area contributed by atoms with Crippen molar-refractivity contribution < 1.29 is 34.4 Å². The molecule has 2 aromatic heterocycles. The number of carbonyl (C=O) groups excluding carboxylic acids is 2. The maximum atomic E-state index is 11.6. The number of primary amides is 2. The number of aliphatic hydroxyl groups excluding tert-OH is 1. The highest BCUT2D eigenvalue weighted by Gasteiger charge is 2.30. The van der Waals surface area contributed by atoms with E-state index in [9.17, 15) is 19.8 Å². The van der Waals surface area contributed by atoms with Crippen molar-refractivity contribution in [3.05, 3.63) is 71.3 Å². The molecule has 7 N–H and O–H groups in total. The second-order valence-corrected chi connectivity index (χ2v) is 14.3. The van der Waals surface area contributed by atoms with E-state index in [-0.39, 0.29) is 17.5 Å². The van der Waals surface area contributed by atoms with E-state index in [0.717, 1.165) is 99.3 Å². The number of imidazole rings is 2. The summed E-state index contributed by atoms with van der Waals surface area (Å²) in [5.74, 6) is 13.9. The lowest BCUT2D eigenvalue weighted by Gasteiger charge is -2.17. The van der Waals surface area contributed by atoms with Gasteiger partial charge in [-0.05, 0) is 94.2 Å². The molecule has 13 heteroatoms. The van der Waals surface area contributed by atoms with Gasteiger partial charge in [0, 0.05) is 30.6 Å². The quantitative estimate of drug-likeness (QED) is 0.190. The number of benzene rings is 2. The molecule has 0 spiro atoms. The number of rotatable bonds is 4. The van der Waals surface area contributed by atoms with E-state index in [1.807, 2.05) is 45.5 Å². The molecular weight excluding hydrogens is 700 g/mol. The zero-order valence-corrected chi connectivity index (χ0v) is 31.3. The average Bonchev–Trinajstić information content (AvgIpc) is 3.97. The van der Waals surface area contributed by atoms with Crippen molar-refractivity contribution >= 4 is 11.8 Å². The smallest absolute Gasteiger partial charge is 0.268 e. The Balaban J connectivity index is 0.000000180. The number of aromatic nitrogens is 4. The number of amides is 2. The molecule has 1 unspecified atom stereocenters. The van der Waals surface area contributed by atoms with Crippen LogP contribution in [0.25, 0.3) is 22.8 Å². The highest BCUT2D eigenvalue weighted by molar-refractivity contribution is 5.92. The van der Waals surface area contributed by atoms with E-state index in [0.29, 0.717) is 37.1 Å². The van der Waals surface area contributed by atoms with Gasteiger partial charge in [-0.3, -0.25) is 9.59 Å². The molecule has 13 nitrogen and oxygen atoms in total. The topological polar surface area (TPSA) is 201 Å². The van der Waals surface area contributed by atoms with Crippen molar-refractivity contribution in [2.24, 2.45) is 11.5 Å². The highest BCUT2D eigenvalue weighted by Crippen LogP contribution is 2.36. The minimum atomic E-state index is -0.882. The lowest BCUT2D eigenvalue weighted by atomic mass is 10.0. The van der Waals surface area contributed by atoms with Gasteiger partial charge in [0.05, 0.1) is 24.2 Å². The molecule has 8 rings (SSSR count). The fourth-order valence-corrected chi connectivity index (χ4v) is 7.31. The van der Waals surface area contributed by atoms with Crippen molar-refractivity contribution in [2.75, 3.05) is 13.7 Å². The maximum absolute atomic E-state index is 11.6. The predicted octanol–water partition coefficient (Wildman–Crippen LogP) is 4.17. The molecule has 2 amide bonds. The minimum absolute atomic E-state index is 0.00365. The fourth-order valence-electron chi connectivity index (χ4n) is 7.31. The molecule has 0 saturated heterocycles. The Morgan fingerprint density at radius 2 is 1.29 bits per heavy atom. The Morgan fingerprint density at radius 1 is 0.800 bits per heavy atom. The summed E-state index contributed by atoms with van der Waals surface area (Å²) in [6.07, 6.45) is 12.2. The molecule has 4 heterocycles. The first kappa shape index (κ1) is 39.1. The summed E-state index contributed by atoms with van der Waals surface area (Å²) in [6.45, 7) is 3.80. The fraction of sp³-hybridized carbons (Fsp3) is 0.429. The molecule has 4 aliphatic rings. The Labute approximate surface area is 320 Å². The molecule has 55 heavy (non-hydrogen) atoms. The van der Waals surface area contributed by atoms with Crippen molar-refractivity contribution in [3.63, 3.8) is 0 Å². The second-order valence-electron chi connectivity index (χ2n) is 14.3. The normalized spacial score (nSPS) is 18.0. The van der Waals surface area contributed by atoms with Gasteiger partial charge in [-0.2, -0.15) is 0 Å². The standard InChI is InChI=1S/C22H25N3O3.C19H19N3O3.CH4O/c1-2-5-16-13-25-14-18(20(23)26)24-21(25)17-12-15(6-7-19(17)28-16)8-11-22(27)9-3-4-10-22;20-17(23)15-12-22-9-10-25-16-4-3-13(11-14(16)18(22)21-15)5-8-19(24)6-1-2-7-19;1-2/h6-7,12,14,16,27H,2-5,9-10,13H2,1H3,(H2,23,26);3-4,11-12,24H,1-2,6-7,9-10H2,(H2,20,23);2H,1H3. The van der Waals surface area contributed by atoms with E-state index < -0.39 is 23.0 Å². The summed E-state index contributed by atoms with van der Waals surface area (Å²) < 4.78 is 15.8. The number of hydrogen-bond donors (Lipinski definition) is 5. The van der Waals surface area contributed by atoms with Crippen LogP contribution in [0.15, 0.2) is 48.8 Å². The van der Waals surface area contributed by atoms with Gasteiger partial charge in [0.15, 0.2) is 0 Å². The molecule has 2 saturated carbocycles. The summed E-state index contributed by atoms with van der Waals surface area (Å²) in [5, 5.41) is 27.9. The first-order valence-electron chi connectivity index (χ1n) is 18.8. The molecule has 1 atom stereocenters. The van der Waals surface area contributed by atoms with Crippen molar-refractivity contribution in [1.29, 1.82) is 0 Å². The number of nitrogens with two attached hydrogens (primary N) is 2. The largest absolute Gasteiger partial charge is 0.491 e. The number of nitrogens with zero attached hydrogens (tertiary/aromatic N) is 4. The number of carbonyl (C=O) groups is 2.